The Morgan fingerprint density at radius 1 is 1.07 bits per heavy atom. The van der Waals surface area contributed by atoms with E-state index in [2.05, 4.69) is 0 Å². The standard InChI is InChI=1S/C13H12FN/c1-9-4-2-7-12(13(9)14)10-5-3-6-11(15)8-10/h2-8H,15H2,1H3. The lowest BCUT2D eigenvalue weighted by atomic mass is 10.0. The number of hydrogen-bond acceptors (Lipinski definition) is 1. The lowest BCUT2D eigenvalue weighted by molar-refractivity contribution is 0.622. The number of aryl methyl sites for hydroxylation is 1. The topological polar surface area (TPSA) is 26.0 Å². The maximum atomic E-state index is 13.8. The highest BCUT2D eigenvalue weighted by Crippen LogP contribution is 2.25. The second-order valence-corrected chi connectivity index (χ2v) is 3.56. The van der Waals surface area contributed by atoms with Gasteiger partial charge in [-0.3, -0.25) is 0 Å². The van der Waals surface area contributed by atoms with Gasteiger partial charge in [0.2, 0.25) is 0 Å². The zero-order chi connectivity index (χ0) is 10.8. The van der Waals surface area contributed by atoms with Gasteiger partial charge in [0.25, 0.3) is 0 Å². The minimum Gasteiger partial charge on any atom is -0.399 e. The number of anilines is 1. The predicted molar refractivity (Wildman–Crippen MR) is 61.0 cm³/mol. The van der Waals surface area contributed by atoms with Crippen molar-refractivity contribution in [3.63, 3.8) is 0 Å². The second-order valence-electron chi connectivity index (χ2n) is 3.56. The van der Waals surface area contributed by atoms with Crippen LogP contribution in [-0.2, 0) is 0 Å². The van der Waals surface area contributed by atoms with Crippen molar-refractivity contribution < 1.29 is 4.39 Å². The van der Waals surface area contributed by atoms with Crippen molar-refractivity contribution in [3.8, 4) is 11.1 Å². The fraction of sp³-hybridized carbons (Fsp3) is 0.0769. The summed E-state index contributed by atoms with van der Waals surface area (Å²) in [4.78, 5) is 0. The number of benzene rings is 2. The quantitative estimate of drug-likeness (QED) is 0.703. The normalized spacial score (nSPS) is 10.3. The monoisotopic (exact) mass is 201 g/mol. The van der Waals surface area contributed by atoms with E-state index in [4.69, 9.17) is 5.73 Å². The van der Waals surface area contributed by atoms with Gasteiger partial charge in [0.05, 0.1) is 0 Å². The first-order chi connectivity index (χ1) is 7.18. The van der Waals surface area contributed by atoms with Gasteiger partial charge < -0.3 is 5.73 Å². The minimum atomic E-state index is -0.178. The Morgan fingerprint density at radius 3 is 2.53 bits per heavy atom. The SMILES string of the molecule is Cc1cccc(-c2cccc(N)c2)c1F. The van der Waals surface area contributed by atoms with Gasteiger partial charge in [0, 0.05) is 11.3 Å². The van der Waals surface area contributed by atoms with E-state index < -0.39 is 0 Å². The molecule has 15 heavy (non-hydrogen) atoms. The minimum absolute atomic E-state index is 0.178. The van der Waals surface area contributed by atoms with Gasteiger partial charge in [-0.05, 0) is 30.2 Å². The zero-order valence-corrected chi connectivity index (χ0v) is 8.50. The first-order valence-corrected chi connectivity index (χ1v) is 4.79. The fourth-order valence-electron chi connectivity index (χ4n) is 1.58. The van der Waals surface area contributed by atoms with Crippen molar-refractivity contribution in [2.45, 2.75) is 6.92 Å². The van der Waals surface area contributed by atoms with E-state index in [9.17, 15) is 4.39 Å². The van der Waals surface area contributed by atoms with Crippen molar-refractivity contribution in [2.75, 3.05) is 5.73 Å². The Bertz CT molecular complexity index is 492. The molecule has 0 spiro atoms. The Morgan fingerprint density at radius 2 is 1.80 bits per heavy atom. The van der Waals surface area contributed by atoms with E-state index in [1.54, 1.807) is 31.2 Å². The summed E-state index contributed by atoms with van der Waals surface area (Å²) >= 11 is 0. The van der Waals surface area contributed by atoms with Crippen molar-refractivity contribution >= 4 is 5.69 Å². The van der Waals surface area contributed by atoms with Gasteiger partial charge in [-0.2, -0.15) is 0 Å². The van der Waals surface area contributed by atoms with E-state index in [1.807, 2.05) is 18.2 Å². The average Bonchev–Trinajstić information content (AvgIpc) is 2.22. The molecule has 0 aliphatic rings. The van der Waals surface area contributed by atoms with Crippen LogP contribution in [0.2, 0.25) is 0 Å². The van der Waals surface area contributed by atoms with Crippen LogP contribution < -0.4 is 5.73 Å². The molecule has 0 radical (unpaired) electrons. The van der Waals surface area contributed by atoms with Crippen LogP contribution in [0.1, 0.15) is 5.56 Å². The summed E-state index contributed by atoms with van der Waals surface area (Å²) in [5.41, 5.74) is 8.37. The van der Waals surface area contributed by atoms with Crippen LogP contribution in [0.3, 0.4) is 0 Å². The molecule has 0 amide bonds. The van der Waals surface area contributed by atoms with E-state index in [0.29, 0.717) is 16.8 Å². The molecule has 0 heterocycles. The van der Waals surface area contributed by atoms with Crippen LogP contribution in [0.5, 0.6) is 0 Å². The van der Waals surface area contributed by atoms with Crippen molar-refractivity contribution in [1.82, 2.24) is 0 Å². The van der Waals surface area contributed by atoms with Gasteiger partial charge >= 0.3 is 0 Å². The van der Waals surface area contributed by atoms with Gasteiger partial charge in [0.15, 0.2) is 0 Å². The fourth-order valence-corrected chi connectivity index (χ4v) is 1.58. The molecule has 76 valence electrons. The van der Waals surface area contributed by atoms with Crippen molar-refractivity contribution in [1.29, 1.82) is 0 Å². The first-order valence-electron chi connectivity index (χ1n) is 4.79. The number of nitrogens with two attached hydrogens (primary N) is 1. The van der Waals surface area contributed by atoms with E-state index in [-0.39, 0.29) is 5.82 Å². The van der Waals surface area contributed by atoms with Crippen LogP contribution in [0.15, 0.2) is 42.5 Å². The molecule has 0 bridgehead atoms. The molecule has 0 aliphatic carbocycles. The largest absolute Gasteiger partial charge is 0.399 e. The molecular weight excluding hydrogens is 189 g/mol. The molecule has 0 unspecified atom stereocenters. The average molecular weight is 201 g/mol. The van der Waals surface area contributed by atoms with Crippen LogP contribution >= 0.6 is 0 Å². The third kappa shape index (κ3) is 1.84. The van der Waals surface area contributed by atoms with Crippen molar-refractivity contribution in [3.05, 3.63) is 53.8 Å². The molecule has 0 atom stereocenters. The van der Waals surface area contributed by atoms with Gasteiger partial charge in [-0.25, -0.2) is 4.39 Å². The lowest BCUT2D eigenvalue weighted by Gasteiger charge is -2.06. The van der Waals surface area contributed by atoms with Crippen LogP contribution in [0.25, 0.3) is 11.1 Å². The number of halogens is 1. The summed E-state index contributed by atoms with van der Waals surface area (Å²) in [6.45, 7) is 1.76. The third-order valence-corrected chi connectivity index (χ3v) is 2.39. The molecule has 0 aliphatic heterocycles. The summed E-state index contributed by atoms with van der Waals surface area (Å²) in [6, 6.07) is 12.6. The Hall–Kier alpha value is -1.83. The summed E-state index contributed by atoms with van der Waals surface area (Å²) in [5, 5.41) is 0. The van der Waals surface area contributed by atoms with Crippen LogP contribution in [-0.4, -0.2) is 0 Å². The zero-order valence-electron chi connectivity index (χ0n) is 8.50. The smallest absolute Gasteiger partial charge is 0.133 e. The summed E-state index contributed by atoms with van der Waals surface area (Å²) in [5.74, 6) is -0.178. The maximum Gasteiger partial charge on any atom is 0.133 e. The predicted octanol–water partition coefficient (Wildman–Crippen LogP) is 3.38. The Labute approximate surface area is 88.4 Å². The molecule has 2 aromatic rings. The molecule has 0 saturated heterocycles. The van der Waals surface area contributed by atoms with E-state index in [1.165, 1.54) is 0 Å². The molecule has 2 rings (SSSR count). The summed E-state index contributed by atoms with van der Waals surface area (Å²) < 4.78 is 13.8. The Kier molecular flexibility index (Phi) is 2.42. The molecule has 1 nitrogen and oxygen atoms in total. The van der Waals surface area contributed by atoms with E-state index >= 15 is 0 Å². The Balaban J connectivity index is 2.59. The molecule has 2 N–H and O–H groups in total. The molecule has 0 aromatic heterocycles. The summed E-state index contributed by atoms with van der Waals surface area (Å²) in [6.07, 6.45) is 0. The van der Waals surface area contributed by atoms with Crippen molar-refractivity contribution in [2.24, 2.45) is 0 Å². The number of nitrogen functional groups attached to an aromatic ring is 1. The molecule has 0 fully saturated rings. The molecule has 0 saturated carbocycles. The molecular formula is C13H12FN. The highest BCUT2D eigenvalue weighted by Gasteiger charge is 2.06. The maximum absolute atomic E-state index is 13.8. The highest BCUT2D eigenvalue weighted by atomic mass is 19.1. The molecule has 2 aromatic carbocycles. The molecule has 2 heteroatoms. The van der Waals surface area contributed by atoms with Gasteiger partial charge in [0.1, 0.15) is 5.82 Å². The van der Waals surface area contributed by atoms with Gasteiger partial charge in [-0.1, -0.05) is 30.3 Å². The first kappa shape index (κ1) is 9.71. The number of rotatable bonds is 1. The van der Waals surface area contributed by atoms with Crippen LogP contribution in [0.4, 0.5) is 10.1 Å². The lowest BCUT2D eigenvalue weighted by Crippen LogP contribution is -1.90. The third-order valence-electron chi connectivity index (χ3n) is 2.39. The second kappa shape index (κ2) is 3.73. The van der Waals surface area contributed by atoms with Crippen LogP contribution in [0, 0.1) is 12.7 Å². The summed E-state index contributed by atoms with van der Waals surface area (Å²) in [7, 11) is 0. The highest BCUT2D eigenvalue weighted by molar-refractivity contribution is 5.68. The van der Waals surface area contributed by atoms with E-state index in [0.717, 1.165) is 5.56 Å². The number of hydrogen-bond donors (Lipinski definition) is 1. The van der Waals surface area contributed by atoms with Gasteiger partial charge in [-0.15, -0.1) is 0 Å².